The lowest BCUT2D eigenvalue weighted by atomic mass is 9.88. The summed E-state index contributed by atoms with van der Waals surface area (Å²) < 4.78 is 21.6. The number of piperidine rings is 1. The molecule has 0 spiro atoms. The van der Waals surface area contributed by atoms with Gasteiger partial charge in [0.05, 0.1) is 19.2 Å². The van der Waals surface area contributed by atoms with Crippen molar-refractivity contribution >= 4 is 23.3 Å². The molecule has 0 radical (unpaired) electrons. The molecule has 2 aliphatic heterocycles. The Morgan fingerprint density at radius 1 is 0.968 bits per heavy atom. The molecular formula is C23H24ClNO6. The molecule has 0 aromatic heterocycles. The van der Waals surface area contributed by atoms with Gasteiger partial charge in [-0.1, -0.05) is 11.6 Å². The van der Waals surface area contributed by atoms with Gasteiger partial charge in [0.1, 0.15) is 13.2 Å². The molecule has 0 unspecified atom stereocenters. The summed E-state index contributed by atoms with van der Waals surface area (Å²) in [5.41, 5.74) is 1.04. The van der Waals surface area contributed by atoms with Crippen molar-refractivity contribution in [1.82, 2.24) is 4.90 Å². The van der Waals surface area contributed by atoms with Gasteiger partial charge in [-0.05, 0) is 43.2 Å². The highest BCUT2D eigenvalue weighted by Gasteiger charge is 2.30. The maximum atomic E-state index is 13.0. The molecule has 1 fully saturated rings. The average molecular weight is 446 g/mol. The Morgan fingerprint density at radius 3 is 2.35 bits per heavy atom. The largest absolute Gasteiger partial charge is 0.493 e. The fraction of sp³-hybridized carbons (Fsp3) is 0.391. The van der Waals surface area contributed by atoms with Gasteiger partial charge in [-0.3, -0.25) is 9.59 Å². The number of methoxy groups -OCH3 is 2. The Morgan fingerprint density at radius 2 is 1.68 bits per heavy atom. The molecular weight excluding hydrogens is 422 g/mol. The van der Waals surface area contributed by atoms with Crippen LogP contribution < -0.4 is 18.9 Å². The number of nitrogens with zero attached hydrogens (tertiary/aromatic N) is 1. The van der Waals surface area contributed by atoms with Crippen LogP contribution >= 0.6 is 11.6 Å². The maximum absolute atomic E-state index is 13.0. The molecule has 164 valence electrons. The SMILES string of the molecule is COc1cc(C(=O)N2CCC(C(=O)c3ccc4c(c3)OCCO4)CC2)cc(Cl)c1OC. The summed E-state index contributed by atoms with van der Waals surface area (Å²) in [6.45, 7) is 1.97. The monoisotopic (exact) mass is 445 g/mol. The fourth-order valence-corrected chi connectivity index (χ4v) is 4.29. The minimum absolute atomic E-state index is 0.0678. The molecule has 31 heavy (non-hydrogen) atoms. The number of ether oxygens (including phenoxy) is 4. The predicted molar refractivity (Wildman–Crippen MR) is 115 cm³/mol. The van der Waals surface area contributed by atoms with Crippen molar-refractivity contribution in [2.45, 2.75) is 12.8 Å². The fourth-order valence-electron chi connectivity index (χ4n) is 4.00. The van der Waals surface area contributed by atoms with Crippen LogP contribution in [0.25, 0.3) is 0 Å². The van der Waals surface area contributed by atoms with Crippen molar-refractivity contribution in [3.63, 3.8) is 0 Å². The van der Waals surface area contributed by atoms with E-state index < -0.39 is 0 Å². The highest BCUT2D eigenvalue weighted by atomic mass is 35.5. The normalized spacial score (nSPS) is 16.0. The number of hydrogen-bond donors (Lipinski definition) is 0. The standard InChI is InChI=1S/C23H24ClNO6/c1-28-20-13-16(11-17(24)22(20)29-2)23(27)25-7-5-14(6-8-25)21(26)15-3-4-18-19(12-15)31-10-9-30-18/h3-4,11-14H,5-10H2,1-2H3. The van der Waals surface area contributed by atoms with E-state index in [1.807, 2.05) is 0 Å². The number of ketones is 1. The summed E-state index contributed by atoms with van der Waals surface area (Å²) in [5, 5.41) is 0.314. The summed E-state index contributed by atoms with van der Waals surface area (Å²) in [6, 6.07) is 8.51. The molecule has 2 heterocycles. The zero-order valence-electron chi connectivity index (χ0n) is 17.5. The third kappa shape index (κ3) is 4.28. The van der Waals surface area contributed by atoms with E-state index in [9.17, 15) is 9.59 Å². The van der Waals surface area contributed by atoms with E-state index in [1.165, 1.54) is 14.2 Å². The molecule has 0 atom stereocenters. The van der Waals surface area contributed by atoms with Crippen molar-refractivity contribution < 1.29 is 28.5 Å². The zero-order valence-corrected chi connectivity index (χ0v) is 18.2. The molecule has 0 aliphatic carbocycles. The summed E-state index contributed by atoms with van der Waals surface area (Å²) in [4.78, 5) is 27.7. The second kappa shape index (κ2) is 9.06. The topological polar surface area (TPSA) is 74.3 Å². The van der Waals surface area contributed by atoms with E-state index in [1.54, 1.807) is 35.2 Å². The lowest BCUT2D eigenvalue weighted by Gasteiger charge is -2.31. The molecule has 8 heteroatoms. The van der Waals surface area contributed by atoms with Crippen LogP contribution in [0.4, 0.5) is 0 Å². The second-order valence-corrected chi connectivity index (χ2v) is 7.89. The van der Waals surface area contributed by atoms with Crippen molar-refractivity contribution in [3.05, 3.63) is 46.5 Å². The van der Waals surface area contributed by atoms with Gasteiger partial charge in [0.15, 0.2) is 28.8 Å². The van der Waals surface area contributed by atoms with Gasteiger partial charge in [0, 0.05) is 30.1 Å². The van der Waals surface area contributed by atoms with Gasteiger partial charge >= 0.3 is 0 Å². The van der Waals surface area contributed by atoms with E-state index >= 15 is 0 Å². The van der Waals surface area contributed by atoms with Crippen LogP contribution in [0.1, 0.15) is 33.6 Å². The van der Waals surface area contributed by atoms with E-state index in [-0.39, 0.29) is 17.6 Å². The van der Waals surface area contributed by atoms with Gasteiger partial charge in [-0.15, -0.1) is 0 Å². The van der Waals surface area contributed by atoms with Gasteiger partial charge in [0.2, 0.25) is 0 Å². The van der Waals surface area contributed by atoms with Crippen LogP contribution in [-0.4, -0.2) is 57.1 Å². The van der Waals surface area contributed by atoms with Crippen LogP contribution in [0.5, 0.6) is 23.0 Å². The Kier molecular flexibility index (Phi) is 6.23. The van der Waals surface area contributed by atoms with E-state index in [2.05, 4.69) is 0 Å². The van der Waals surface area contributed by atoms with E-state index in [0.29, 0.717) is 78.3 Å². The van der Waals surface area contributed by atoms with E-state index in [0.717, 1.165) is 0 Å². The minimum Gasteiger partial charge on any atom is -0.493 e. The number of fused-ring (bicyclic) bond motifs is 1. The van der Waals surface area contributed by atoms with Crippen molar-refractivity contribution in [3.8, 4) is 23.0 Å². The quantitative estimate of drug-likeness (QED) is 0.650. The molecule has 2 aromatic carbocycles. The van der Waals surface area contributed by atoms with Crippen molar-refractivity contribution in [2.75, 3.05) is 40.5 Å². The summed E-state index contributed by atoms with van der Waals surface area (Å²) >= 11 is 6.24. The van der Waals surface area contributed by atoms with Crippen LogP contribution in [0.3, 0.4) is 0 Å². The molecule has 0 bridgehead atoms. The number of rotatable bonds is 5. The average Bonchev–Trinajstić information content (AvgIpc) is 2.82. The summed E-state index contributed by atoms with van der Waals surface area (Å²) in [7, 11) is 2.99. The number of Topliss-reactive ketones (excluding diaryl/α,β-unsaturated/α-hetero) is 1. The zero-order chi connectivity index (χ0) is 22.0. The third-order valence-corrected chi connectivity index (χ3v) is 5.94. The first kappa shape index (κ1) is 21.3. The number of benzene rings is 2. The maximum Gasteiger partial charge on any atom is 0.254 e. The lowest BCUT2D eigenvalue weighted by molar-refractivity contribution is 0.0650. The summed E-state index contributed by atoms with van der Waals surface area (Å²) in [5.74, 6) is 1.85. The molecule has 2 aromatic rings. The smallest absolute Gasteiger partial charge is 0.254 e. The second-order valence-electron chi connectivity index (χ2n) is 7.48. The number of hydrogen-bond acceptors (Lipinski definition) is 6. The van der Waals surface area contributed by atoms with Gasteiger partial charge in [-0.25, -0.2) is 0 Å². The molecule has 0 N–H and O–H groups in total. The van der Waals surface area contributed by atoms with Crippen molar-refractivity contribution in [2.24, 2.45) is 5.92 Å². The lowest BCUT2D eigenvalue weighted by Crippen LogP contribution is -2.40. The molecule has 2 aliphatic rings. The number of carbonyl (C=O) groups excluding carboxylic acids is 2. The Balaban J connectivity index is 1.42. The van der Waals surface area contributed by atoms with Crippen LogP contribution in [0, 0.1) is 5.92 Å². The predicted octanol–water partition coefficient (Wildman–Crippen LogP) is 3.86. The highest BCUT2D eigenvalue weighted by molar-refractivity contribution is 6.32. The van der Waals surface area contributed by atoms with Crippen LogP contribution in [-0.2, 0) is 0 Å². The van der Waals surface area contributed by atoms with Crippen molar-refractivity contribution in [1.29, 1.82) is 0 Å². The highest BCUT2D eigenvalue weighted by Crippen LogP contribution is 2.37. The van der Waals surface area contributed by atoms with Crippen LogP contribution in [0.2, 0.25) is 5.02 Å². The van der Waals surface area contributed by atoms with Crippen LogP contribution in [0.15, 0.2) is 30.3 Å². The molecule has 0 saturated carbocycles. The summed E-state index contributed by atoms with van der Waals surface area (Å²) in [6.07, 6.45) is 1.19. The molecule has 7 nitrogen and oxygen atoms in total. The Hall–Kier alpha value is -2.93. The number of likely N-dealkylation sites (tertiary alicyclic amines) is 1. The van der Waals surface area contributed by atoms with E-state index in [4.69, 9.17) is 30.5 Å². The first-order chi connectivity index (χ1) is 15.0. The number of amides is 1. The Bertz CT molecular complexity index is 1000. The Labute approximate surface area is 185 Å². The van der Waals surface area contributed by atoms with Gasteiger partial charge in [0.25, 0.3) is 5.91 Å². The first-order valence-electron chi connectivity index (χ1n) is 10.2. The number of halogens is 1. The van der Waals surface area contributed by atoms with Gasteiger partial charge < -0.3 is 23.8 Å². The molecule has 4 rings (SSSR count). The molecule has 1 saturated heterocycles. The minimum atomic E-state index is -0.145. The van der Waals surface area contributed by atoms with Gasteiger partial charge in [-0.2, -0.15) is 0 Å². The number of carbonyl (C=O) groups is 2. The third-order valence-electron chi connectivity index (χ3n) is 5.66. The first-order valence-corrected chi connectivity index (χ1v) is 10.5. The molecule has 1 amide bonds.